The molecule has 33 heavy (non-hydrogen) atoms. The molecule has 0 fully saturated rings. The molecule has 11 heteroatoms. The minimum absolute atomic E-state index is 0.00796. The number of rotatable bonds is 8. The van der Waals surface area contributed by atoms with E-state index >= 15 is 0 Å². The van der Waals surface area contributed by atoms with Crippen molar-refractivity contribution in [1.29, 1.82) is 0 Å². The van der Waals surface area contributed by atoms with Crippen molar-refractivity contribution in [2.75, 3.05) is 25.1 Å². The predicted molar refractivity (Wildman–Crippen MR) is 127 cm³/mol. The van der Waals surface area contributed by atoms with Crippen LogP contribution >= 0.6 is 11.8 Å². The van der Waals surface area contributed by atoms with Gasteiger partial charge in [0.2, 0.25) is 11.9 Å². The lowest BCUT2D eigenvalue weighted by molar-refractivity contribution is 0.305. The van der Waals surface area contributed by atoms with Gasteiger partial charge in [0, 0.05) is 11.4 Å². The molecule has 0 saturated heterocycles. The van der Waals surface area contributed by atoms with Crippen molar-refractivity contribution in [3.63, 3.8) is 0 Å². The second-order valence-electron chi connectivity index (χ2n) is 7.51. The summed E-state index contributed by atoms with van der Waals surface area (Å²) >= 11 is 1.41. The van der Waals surface area contributed by atoms with Crippen LogP contribution < -0.4 is 11.1 Å². The minimum Gasteiger partial charge on any atom is -0.368 e. The van der Waals surface area contributed by atoms with E-state index < -0.39 is 0 Å². The van der Waals surface area contributed by atoms with Crippen molar-refractivity contribution < 1.29 is 4.39 Å². The Morgan fingerprint density at radius 1 is 1.03 bits per heavy atom. The van der Waals surface area contributed by atoms with E-state index in [0.29, 0.717) is 22.7 Å². The molecular formula is C22H24FN9S. The van der Waals surface area contributed by atoms with E-state index in [1.54, 1.807) is 12.1 Å². The van der Waals surface area contributed by atoms with Gasteiger partial charge in [0.05, 0.1) is 11.8 Å². The number of thioether (sulfide) groups is 1. The Morgan fingerprint density at radius 2 is 1.76 bits per heavy atom. The van der Waals surface area contributed by atoms with E-state index in [0.717, 1.165) is 17.2 Å². The number of hydrogen-bond donors (Lipinski definition) is 2. The molecule has 1 atom stereocenters. The highest BCUT2D eigenvalue weighted by Gasteiger charge is 2.21. The summed E-state index contributed by atoms with van der Waals surface area (Å²) in [5, 5.41) is 12.6. The van der Waals surface area contributed by atoms with E-state index in [1.807, 2.05) is 60.8 Å². The molecule has 0 unspecified atom stereocenters. The minimum atomic E-state index is -0.303. The van der Waals surface area contributed by atoms with Crippen LogP contribution in [-0.4, -0.2) is 48.7 Å². The average molecular weight is 466 g/mol. The maximum Gasteiger partial charge on any atom is 0.232 e. The van der Waals surface area contributed by atoms with Gasteiger partial charge < -0.3 is 11.1 Å². The van der Waals surface area contributed by atoms with Gasteiger partial charge in [-0.15, -0.1) is 10.2 Å². The van der Waals surface area contributed by atoms with Crippen molar-refractivity contribution >= 4 is 29.3 Å². The monoisotopic (exact) mass is 465 g/mol. The number of anilines is 3. The fraction of sp³-hybridized carbons (Fsp3) is 0.227. The summed E-state index contributed by atoms with van der Waals surface area (Å²) in [6, 6.07) is 15.8. The summed E-state index contributed by atoms with van der Waals surface area (Å²) in [5.74, 6) is 1.83. The fourth-order valence-electron chi connectivity index (χ4n) is 3.05. The van der Waals surface area contributed by atoms with Gasteiger partial charge in [0.1, 0.15) is 11.6 Å². The van der Waals surface area contributed by atoms with Crippen LogP contribution in [0.25, 0.3) is 5.69 Å². The van der Waals surface area contributed by atoms with E-state index in [9.17, 15) is 4.39 Å². The average Bonchev–Trinajstić information content (AvgIpc) is 3.22. The van der Waals surface area contributed by atoms with Gasteiger partial charge in [-0.05, 0) is 57.4 Å². The van der Waals surface area contributed by atoms with Crippen molar-refractivity contribution in [3.05, 3.63) is 72.1 Å². The molecule has 170 valence electrons. The Bertz CT molecular complexity index is 1210. The number of para-hydroxylation sites is 1. The third-order valence-electron chi connectivity index (χ3n) is 4.95. The second-order valence-corrected chi connectivity index (χ2v) is 8.45. The summed E-state index contributed by atoms with van der Waals surface area (Å²) in [7, 11) is 3.94. The molecule has 0 radical (unpaired) electrons. The molecule has 4 rings (SSSR count). The SMILES string of the molecule is C[C@H](c1nnc(SCc2nc(N)nc(Nc3ccccc3)n2)n1-c1ccc(F)cc1)N(C)C. The number of hydrogen-bond acceptors (Lipinski definition) is 9. The molecule has 4 aromatic rings. The topological polar surface area (TPSA) is 111 Å². The highest BCUT2D eigenvalue weighted by Crippen LogP contribution is 2.28. The van der Waals surface area contributed by atoms with Crippen molar-refractivity contribution in [3.8, 4) is 5.69 Å². The number of nitrogens with two attached hydrogens (primary N) is 1. The van der Waals surface area contributed by atoms with Crippen LogP contribution in [0.5, 0.6) is 0 Å². The van der Waals surface area contributed by atoms with Gasteiger partial charge in [0.25, 0.3) is 0 Å². The van der Waals surface area contributed by atoms with Crippen LogP contribution in [0.15, 0.2) is 59.8 Å². The van der Waals surface area contributed by atoms with Crippen molar-refractivity contribution in [1.82, 2.24) is 34.6 Å². The van der Waals surface area contributed by atoms with Crippen LogP contribution in [0.2, 0.25) is 0 Å². The number of nitrogens with zero attached hydrogens (tertiary/aromatic N) is 7. The first-order valence-corrected chi connectivity index (χ1v) is 11.2. The molecule has 0 aliphatic carbocycles. The lowest BCUT2D eigenvalue weighted by atomic mass is 10.2. The maximum absolute atomic E-state index is 13.5. The number of halogens is 1. The Balaban J connectivity index is 1.60. The first-order valence-electron chi connectivity index (χ1n) is 10.2. The number of aromatic nitrogens is 6. The van der Waals surface area contributed by atoms with Crippen LogP contribution in [0.4, 0.5) is 22.0 Å². The molecule has 0 aliphatic heterocycles. The van der Waals surface area contributed by atoms with E-state index in [2.05, 4.69) is 30.5 Å². The predicted octanol–water partition coefficient (Wildman–Crippen LogP) is 3.83. The molecule has 2 aromatic carbocycles. The van der Waals surface area contributed by atoms with Gasteiger partial charge >= 0.3 is 0 Å². The second kappa shape index (κ2) is 9.92. The summed E-state index contributed by atoms with van der Waals surface area (Å²) in [6.07, 6.45) is 0. The molecule has 0 spiro atoms. The van der Waals surface area contributed by atoms with Crippen molar-refractivity contribution in [2.24, 2.45) is 0 Å². The first-order chi connectivity index (χ1) is 15.9. The summed E-state index contributed by atoms with van der Waals surface area (Å²) in [4.78, 5) is 14.9. The molecule has 2 heterocycles. The fourth-order valence-corrected chi connectivity index (χ4v) is 3.86. The lowest BCUT2D eigenvalue weighted by Gasteiger charge is -2.20. The van der Waals surface area contributed by atoms with Gasteiger partial charge in [-0.25, -0.2) is 4.39 Å². The normalized spacial score (nSPS) is 12.2. The molecule has 0 saturated carbocycles. The van der Waals surface area contributed by atoms with Crippen molar-refractivity contribution in [2.45, 2.75) is 23.9 Å². The first kappa shape index (κ1) is 22.6. The Kier molecular flexibility index (Phi) is 6.80. The Hall–Kier alpha value is -3.57. The lowest BCUT2D eigenvalue weighted by Crippen LogP contribution is -2.20. The molecular weight excluding hydrogens is 441 g/mol. The highest BCUT2D eigenvalue weighted by atomic mass is 32.2. The maximum atomic E-state index is 13.5. The standard InChI is InChI=1S/C22H24FN9S/c1-14(31(2)3)19-29-30-22(32(19)17-11-9-15(23)10-12-17)33-13-18-26-20(24)28-21(27-18)25-16-7-5-4-6-8-16/h4-12,14H,13H2,1-3H3,(H3,24,25,26,27,28)/t14-/m1/s1. The molecule has 0 amide bonds. The summed E-state index contributed by atoms with van der Waals surface area (Å²) < 4.78 is 15.4. The molecule has 0 aliphatic rings. The highest BCUT2D eigenvalue weighted by molar-refractivity contribution is 7.98. The smallest absolute Gasteiger partial charge is 0.232 e. The molecule has 0 bridgehead atoms. The number of nitrogen functional groups attached to an aromatic ring is 1. The Labute approximate surface area is 195 Å². The number of benzene rings is 2. The van der Waals surface area contributed by atoms with Crippen LogP contribution in [0, 0.1) is 5.82 Å². The van der Waals surface area contributed by atoms with E-state index in [1.165, 1.54) is 23.9 Å². The third-order valence-corrected chi connectivity index (χ3v) is 5.88. The zero-order valence-electron chi connectivity index (χ0n) is 18.5. The van der Waals surface area contributed by atoms with Gasteiger partial charge in [0.15, 0.2) is 11.0 Å². The molecule has 2 aromatic heterocycles. The van der Waals surface area contributed by atoms with E-state index in [4.69, 9.17) is 5.73 Å². The van der Waals surface area contributed by atoms with Crippen LogP contribution in [0.3, 0.4) is 0 Å². The van der Waals surface area contributed by atoms with Gasteiger partial charge in [-0.1, -0.05) is 30.0 Å². The van der Waals surface area contributed by atoms with E-state index in [-0.39, 0.29) is 17.8 Å². The summed E-state index contributed by atoms with van der Waals surface area (Å²) in [6.45, 7) is 2.03. The zero-order chi connectivity index (χ0) is 23.4. The van der Waals surface area contributed by atoms with Crippen LogP contribution in [0.1, 0.15) is 24.6 Å². The van der Waals surface area contributed by atoms with Gasteiger partial charge in [-0.3, -0.25) is 9.47 Å². The largest absolute Gasteiger partial charge is 0.368 e. The Morgan fingerprint density at radius 3 is 2.45 bits per heavy atom. The molecule has 9 nitrogen and oxygen atoms in total. The summed E-state index contributed by atoms with van der Waals surface area (Å²) in [5.41, 5.74) is 7.53. The molecule has 3 N–H and O–H groups in total. The zero-order valence-corrected chi connectivity index (χ0v) is 19.3. The van der Waals surface area contributed by atoms with Gasteiger partial charge in [-0.2, -0.15) is 15.0 Å². The van der Waals surface area contributed by atoms with Crippen LogP contribution in [-0.2, 0) is 5.75 Å². The quantitative estimate of drug-likeness (QED) is 0.375. The third kappa shape index (κ3) is 5.44. The number of nitrogens with one attached hydrogen (secondary N) is 1.